The number of hydrogen-bond donors (Lipinski definition) is 0. The summed E-state index contributed by atoms with van der Waals surface area (Å²) in [6.45, 7) is 0. The Kier molecular flexibility index (Phi) is 3.21. The first-order chi connectivity index (χ1) is 9.10. The summed E-state index contributed by atoms with van der Waals surface area (Å²) < 4.78 is 4.09. The number of halogens is 2. The molecule has 6 heteroatoms. The number of imidazole rings is 1. The van der Waals surface area contributed by atoms with Gasteiger partial charge in [0, 0.05) is 11.5 Å². The van der Waals surface area contributed by atoms with Gasteiger partial charge in [0.15, 0.2) is 5.82 Å². The Bertz CT molecular complexity index is 807. The van der Waals surface area contributed by atoms with Crippen LogP contribution >= 0.6 is 43.2 Å². The fourth-order valence-corrected chi connectivity index (χ4v) is 4.00. The molecule has 3 aromatic rings. The Morgan fingerprint density at radius 3 is 2.74 bits per heavy atom. The second-order valence-corrected chi connectivity index (χ2v) is 7.27. The Morgan fingerprint density at radius 1 is 1.32 bits per heavy atom. The highest BCUT2D eigenvalue weighted by Gasteiger charge is 2.14. The van der Waals surface area contributed by atoms with E-state index in [4.69, 9.17) is 5.26 Å². The average Bonchev–Trinajstić information content (AvgIpc) is 2.91. The van der Waals surface area contributed by atoms with E-state index in [9.17, 15) is 0 Å². The van der Waals surface area contributed by atoms with Crippen LogP contribution in [0, 0.1) is 11.3 Å². The minimum atomic E-state index is 0.649. The van der Waals surface area contributed by atoms with Crippen LogP contribution in [0.25, 0.3) is 21.7 Å². The molecule has 19 heavy (non-hydrogen) atoms. The molecule has 0 N–H and O–H groups in total. The highest BCUT2D eigenvalue weighted by Crippen LogP contribution is 2.38. The summed E-state index contributed by atoms with van der Waals surface area (Å²) >= 11 is 8.61. The van der Waals surface area contributed by atoms with Crippen molar-refractivity contribution >= 4 is 54.2 Å². The highest BCUT2D eigenvalue weighted by atomic mass is 79.9. The first kappa shape index (κ1) is 12.9. The zero-order valence-electron chi connectivity index (χ0n) is 9.82. The average molecular weight is 397 g/mol. The van der Waals surface area contributed by atoms with E-state index < -0.39 is 0 Å². The van der Waals surface area contributed by atoms with E-state index in [0.717, 1.165) is 30.0 Å². The zero-order chi connectivity index (χ0) is 13.6. The van der Waals surface area contributed by atoms with Gasteiger partial charge in [0.2, 0.25) is 0 Å². The molecule has 3 nitrogen and oxygen atoms in total. The summed E-state index contributed by atoms with van der Waals surface area (Å²) in [5.41, 5.74) is 2.52. The molecule has 0 aliphatic rings. The number of hydrogen-bond acceptors (Lipinski definition) is 3. The summed E-state index contributed by atoms with van der Waals surface area (Å²) in [6.07, 6.45) is 0. The van der Waals surface area contributed by atoms with Crippen LogP contribution in [0.2, 0.25) is 0 Å². The maximum atomic E-state index is 8.96. The molecule has 0 saturated carbocycles. The second-order valence-electron chi connectivity index (χ2n) is 4.04. The van der Waals surface area contributed by atoms with Crippen LogP contribution in [0.15, 0.2) is 32.5 Å². The van der Waals surface area contributed by atoms with Gasteiger partial charge in [-0.1, -0.05) is 0 Å². The largest absolute Gasteiger partial charge is 0.326 e. The smallest absolute Gasteiger partial charge is 0.151 e. The van der Waals surface area contributed by atoms with Crippen molar-refractivity contribution in [1.29, 1.82) is 5.26 Å². The van der Waals surface area contributed by atoms with Gasteiger partial charge in [-0.3, -0.25) is 0 Å². The lowest BCUT2D eigenvalue weighted by molar-refractivity contribution is 0.963. The number of benzene rings is 1. The van der Waals surface area contributed by atoms with Crippen LogP contribution < -0.4 is 0 Å². The summed E-state index contributed by atoms with van der Waals surface area (Å²) in [4.78, 5) is 5.71. The molecule has 0 saturated heterocycles. The summed E-state index contributed by atoms with van der Waals surface area (Å²) in [7, 11) is 1.97. The Morgan fingerprint density at radius 2 is 2.11 bits per heavy atom. The van der Waals surface area contributed by atoms with Gasteiger partial charge in [0.1, 0.15) is 0 Å². The topological polar surface area (TPSA) is 41.6 Å². The number of nitriles is 1. The third kappa shape index (κ3) is 2.12. The van der Waals surface area contributed by atoms with Crippen LogP contribution in [0.1, 0.15) is 5.56 Å². The lowest BCUT2D eigenvalue weighted by Gasteiger charge is -1.99. The quantitative estimate of drug-likeness (QED) is 0.598. The first-order valence-corrected chi connectivity index (χ1v) is 7.82. The molecular weight excluding hydrogens is 390 g/mol. The molecule has 0 aliphatic heterocycles. The van der Waals surface area contributed by atoms with Gasteiger partial charge in [-0.05, 0) is 56.1 Å². The van der Waals surface area contributed by atoms with E-state index in [1.165, 1.54) is 0 Å². The van der Waals surface area contributed by atoms with Gasteiger partial charge >= 0.3 is 0 Å². The van der Waals surface area contributed by atoms with E-state index >= 15 is 0 Å². The molecule has 2 aromatic heterocycles. The molecule has 0 radical (unpaired) electrons. The first-order valence-electron chi connectivity index (χ1n) is 5.42. The van der Waals surface area contributed by atoms with Gasteiger partial charge in [0.05, 0.1) is 31.3 Å². The maximum Gasteiger partial charge on any atom is 0.151 e. The molecule has 0 unspecified atom stereocenters. The van der Waals surface area contributed by atoms with Crippen molar-refractivity contribution in [2.45, 2.75) is 0 Å². The van der Waals surface area contributed by atoms with Crippen molar-refractivity contribution in [1.82, 2.24) is 9.55 Å². The van der Waals surface area contributed by atoms with Crippen molar-refractivity contribution in [3.8, 4) is 16.8 Å². The SMILES string of the molecule is Cn1c(-c2cc(Br)c(Br)s2)nc2ccc(C#N)cc21. The summed E-state index contributed by atoms with van der Waals surface area (Å²) in [5.74, 6) is 0.904. The third-order valence-corrected chi connectivity index (χ3v) is 6.13. The van der Waals surface area contributed by atoms with E-state index in [1.807, 2.05) is 29.8 Å². The van der Waals surface area contributed by atoms with Gasteiger partial charge in [-0.15, -0.1) is 11.3 Å². The monoisotopic (exact) mass is 395 g/mol. The third-order valence-electron chi connectivity index (χ3n) is 2.88. The predicted molar refractivity (Wildman–Crippen MR) is 84.1 cm³/mol. The van der Waals surface area contributed by atoms with Crippen LogP contribution in [-0.2, 0) is 7.05 Å². The van der Waals surface area contributed by atoms with Gasteiger partial charge < -0.3 is 4.57 Å². The minimum absolute atomic E-state index is 0.649. The highest BCUT2D eigenvalue weighted by molar-refractivity contribution is 9.13. The fourth-order valence-electron chi connectivity index (χ4n) is 1.94. The molecule has 1 aromatic carbocycles. The van der Waals surface area contributed by atoms with Gasteiger partial charge in [-0.25, -0.2) is 4.98 Å². The molecule has 3 rings (SSSR count). The molecule has 0 bridgehead atoms. The normalized spacial score (nSPS) is 10.8. The van der Waals surface area contributed by atoms with E-state index in [-0.39, 0.29) is 0 Å². The summed E-state index contributed by atoms with van der Waals surface area (Å²) in [5, 5.41) is 8.96. The van der Waals surface area contributed by atoms with Crippen molar-refractivity contribution in [2.24, 2.45) is 7.05 Å². The van der Waals surface area contributed by atoms with Crippen LogP contribution in [0.5, 0.6) is 0 Å². The Hall–Kier alpha value is -1.16. The number of aryl methyl sites for hydroxylation is 1. The standard InChI is InChI=1S/C13H7Br2N3S/c1-18-10-4-7(6-16)2-3-9(10)17-13(18)11-5-8(14)12(15)19-11/h2-5H,1H3. The second kappa shape index (κ2) is 4.75. The van der Waals surface area contributed by atoms with Crippen LogP contribution in [0.4, 0.5) is 0 Å². The van der Waals surface area contributed by atoms with Crippen LogP contribution in [0.3, 0.4) is 0 Å². The minimum Gasteiger partial charge on any atom is -0.326 e. The Labute approximate surface area is 130 Å². The van der Waals surface area contributed by atoms with Crippen molar-refractivity contribution in [3.05, 3.63) is 38.1 Å². The lowest BCUT2D eigenvalue weighted by atomic mass is 10.2. The molecule has 0 fully saturated rings. The predicted octanol–water partition coefficient (Wildman–Crippen LogP) is 4.70. The van der Waals surface area contributed by atoms with Crippen molar-refractivity contribution in [2.75, 3.05) is 0 Å². The molecule has 94 valence electrons. The summed E-state index contributed by atoms with van der Waals surface area (Å²) in [6, 6.07) is 9.74. The van der Waals surface area contributed by atoms with E-state index in [1.54, 1.807) is 17.4 Å². The zero-order valence-corrected chi connectivity index (χ0v) is 13.8. The Balaban J connectivity index is 2.25. The van der Waals surface area contributed by atoms with E-state index in [2.05, 4.69) is 42.9 Å². The molecule has 0 spiro atoms. The van der Waals surface area contributed by atoms with Crippen LogP contribution in [-0.4, -0.2) is 9.55 Å². The van der Waals surface area contributed by atoms with Gasteiger partial charge in [0.25, 0.3) is 0 Å². The molecule has 0 aliphatic carbocycles. The molecule has 0 atom stereocenters. The number of fused-ring (bicyclic) bond motifs is 1. The van der Waals surface area contributed by atoms with Gasteiger partial charge in [-0.2, -0.15) is 5.26 Å². The fraction of sp³-hybridized carbons (Fsp3) is 0.0769. The number of rotatable bonds is 1. The number of aromatic nitrogens is 2. The molecule has 0 amide bonds. The lowest BCUT2D eigenvalue weighted by Crippen LogP contribution is -1.90. The molecule has 2 heterocycles. The van der Waals surface area contributed by atoms with Crippen molar-refractivity contribution < 1.29 is 0 Å². The number of nitrogens with zero attached hydrogens (tertiary/aromatic N) is 3. The molecular formula is C13H7Br2N3S. The maximum absolute atomic E-state index is 8.96. The van der Waals surface area contributed by atoms with E-state index in [0.29, 0.717) is 5.56 Å². The van der Waals surface area contributed by atoms with Crippen molar-refractivity contribution in [3.63, 3.8) is 0 Å². The number of thiophene rings is 1.